The van der Waals surface area contributed by atoms with Crippen molar-refractivity contribution in [2.75, 3.05) is 0 Å². The van der Waals surface area contributed by atoms with Gasteiger partial charge in [0.1, 0.15) is 18.2 Å². The van der Waals surface area contributed by atoms with Crippen LogP contribution < -0.4 is 0 Å². The minimum atomic E-state index is 0.294. The monoisotopic (exact) mass is 138 g/mol. The number of halogens is 1. The van der Waals surface area contributed by atoms with Gasteiger partial charge in [-0.2, -0.15) is 4.79 Å². The summed E-state index contributed by atoms with van der Waals surface area (Å²) < 4.78 is 12.5. The molecule has 50 valence electrons. The predicted octanol–water partition coefficient (Wildman–Crippen LogP) is 0.559. The first-order valence-corrected chi connectivity index (χ1v) is 2.67. The Kier molecular flexibility index (Phi) is 0.913. The maximum Gasteiger partial charge on any atom is 0.183 e. The molecule has 5 heteroatoms. The van der Waals surface area contributed by atoms with E-state index >= 15 is 0 Å². The van der Waals surface area contributed by atoms with Gasteiger partial charge in [-0.05, 0) is 0 Å². The number of nitrogens with zero attached hydrogens (tertiary/aromatic N) is 4. The molecule has 0 aromatic carbocycles. The van der Waals surface area contributed by atoms with Crippen LogP contribution in [0.1, 0.15) is 0 Å². The van der Waals surface area contributed by atoms with Crippen LogP contribution >= 0.6 is 0 Å². The van der Waals surface area contributed by atoms with E-state index in [0.717, 1.165) is 6.33 Å². The molecule has 0 aliphatic rings. The lowest BCUT2D eigenvalue weighted by Gasteiger charge is -1.84. The number of hydrogen-bond donors (Lipinski definition) is 0. The van der Waals surface area contributed by atoms with Crippen LogP contribution in [0.3, 0.4) is 0 Å². The summed E-state index contributed by atoms with van der Waals surface area (Å²) in [7, 11) is 0. The number of hydrogen-bond acceptors (Lipinski definition) is 3. The van der Waals surface area contributed by atoms with Gasteiger partial charge in [-0.25, -0.2) is 15.0 Å². The Morgan fingerprint density at radius 3 is 3.10 bits per heavy atom. The Hall–Kier alpha value is -1.52. The molecular formula is C5H3FN4. The molecule has 2 rings (SSSR count). The molecule has 2 aromatic heterocycles. The largest absolute Gasteiger partial charge is 0.242 e. The van der Waals surface area contributed by atoms with E-state index in [-0.39, 0.29) is 0 Å². The molecule has 0 aliphatic heterocycles. The highest BCUT2D eigenvalue weighted by Gasteiger charge is 1.99. The van der Waals surface area contributed by atoms with Gasteiger partial charge in [-0.3, -0.25) is 0 Å². The number of imidazole rings is 1. The van der Waals surface area contributed by atoms with Crippen molar-refractivity contribution in [3.63, 3.8) is 0 Å². The van der Waals surface area contributed by atoms with Gasteiger partial charge in [-0.15, -0.1) is 0 Å². The van der Waals surface area contributed by atoms with E-state index < -0.39 is 0 Å². The first-order chi connectivity index (χ1) is 4.88. The van der Waals surface area contributed by atoms with E-state index in [1.807, 2.05) is 0 Å². The van der Waals surface area contributed by atoms with Crippen LogP contribution in [0, 0.1) is 0 Å². The molecule has 0 radical (unpaired) electrons. The zero-order chi connectivity index (χ0) is 6.97. The van der Waals surface area contributed by atoms with E-state index in [9.17, 15) is 4.48 Å². The fourth-order valence-electron chi connectivity index (χ4n) is 0.734. The van der Waals surface area contributed by atoms with Crippen molar-refractivity contribution in [1.82, 2.24) is 19.7 Å². The van der Waals surface area contributed by atoms with Gasteiger partial charge in [-0.1, -0.05) is 4.48 Å². The Labute approximate surface area is 55.3 Å². The third-order valence-electron chi connectivity index (χ3n) is 1.18. The van der Waals surface area contributed by atoms with Crippen LogP contribution in [0.4, 0.5) is 4.48 Å². The van der Waals surface area contributed by atoms with Crippen molar-refractivity contribution >= 4 is 11.2 Å². The lowest BCUT2D eigenvalue weighted by atomic mass is 10.6. The number of aromatic nitrogens is 4. The Morgan fingerprint density at radius 1 is 1.40 bits per heavy atom. The maximum absolute atomic E-state index is 12.5. The Morgan fingerprint density at radius 2 is 2.30 bits per heavy atom. The van der Waals surface area contributed by atoms with E-state index in [1.165, 1.54) is 12.5 Å². The average Bonchev–Trinajstić information content (AvgIpc) is 2.34. The fourth-order valence-corrected chi connectivity index (χ4v) is 0.734. The highest BCUT2D eigenvalue weighted by molar-refractivity contribution is 5.68. The van der Waals surface area contributed by atoms with Gasteiger partial charge >= 0.3 is 0 Å². The van der Waals surface area contributed by atoms with Gasteiger partial charge < -0.3 is 0 Å². The van der Waals surface area contributed by atoms with Crippen molar-refractivity contribution in [2.45, 2.75) is 0 Å². The normalized spacial score (nSPS) is 10.5. The highest BCUT2D eigenvalue weighted by Crippen LogP contribution is 2.05. The van der Waals surface area contributed by atoms with Gasteiger partial charge in [0.15, 0.2) is 5.65 Å². The molecule has 10 heavy (non-hydrogen) atoms. The van der Waals surface area contributed by atoms with Crippen molar-refractivity contribution in [2.24, 2.45) is 0 Å². The van der Waals surface area contributed by atoms with E-state index in [4.69, 9.17) is 0 Å². The summed E-state index contributed by atoms with van der Waals surface area (Å²) in [5.41, 5.74) is 0.667. The molecule has 0 spiro atoms. The third kappa shape index (κ3) is 0.570. The fraction of sp³-hybridized carbons (Fsp3) is 0. The van der Waals surface area contributed by atoms with E-state index in [0.29, 0.717) is 16.0 Å². The maximum atomic E-state index is 12.5. The molecule has 0 unspecified atom stereocenters. The zero-order valence-electron chi connectivity index (χ0n) is 4.90. The molecule has 2 heterocycles. The highest BCUT2D eigenvalue weighted by atomic mass is 19.2. The van der Waals surface area contributed by atoms with Crippen LogP contribution in [0.25, 0.3) is 11.2 Å². The molecule has 0 amide bonds. The predicted molar refractivity (Wildman–Crippen MR) is 31.8 cm³/mol. The van der Waals surface area contributed by atoms with E-state index in [2.05, 4.69) is 15.0 Å². The molecule has 0 atom stereocenters. The van der Waals surface area contributed by atoms with Crippen LogP contribution in [0.5, 0.6) is 0 Å². The lowest BCUT2D eigenvalue weighted by molar-refractivity contribution is 0.384. The summed E-state index contributed by atoms with van der Waals surface area (Å²) in [6, 6.07) is 0. The molecule has 0 bridgehead atoms. The molecule has 2 aromatic rings. The van der Waals surface area contributed by atoms with Crippen LogP contribution in [-0.4, -0.2) is 19.7 Å². The number of fused-ring (bicyclic) bond motifs is 1. The second kappa shape index (κ2) is 1.73. The summed E-state index contributed by atoms with van der Waals surface area (Å²) >= 11 is 0. The van der Waals surface area contributed by atoms with Crippen molar-refractivity contribution in [3.05, 3.63) is 18.9 Å². The van der Waals surface area contributed by atoms with Gasteiger partial charge in [0, 0.05) is 0 Å². The van der Waals surface area contributed by atoms with Crippen LogP contribution in [0.2, 0.25) is 0 Å². The van der Waals surface area contributed by atoms with Gasteiger partial charge in [0.2, 0.25) is 0 Å². The van der Waals surface area contributed by atoms with Gasteiger partial charge in [0.25, 0.3) is 0 Å². The van der Waals surface area contributed by atoms with Crippen LogP contribution in [0.15, 0.2) is 18.9 Å². The van der Waals surface area contributed by atoms with Gasteiger partial charge in [0.05, 0.1) is 6.20 Å². The summed E-state index contributed by atoms with van der Waals surface area (Å²) in [4.78, 5) is 11.4. The van der Waals surface area contributed by atoms with E-state index in [1.54, 1.807) is 0 Å². The SMILES string of the molecule is Fn1cnc2ncncc21. The average molecular weight is 138 g/mol. The minimum Gasteiger partial charge on any atom is -0.242 e. The lowest BCUT2D eigenvalue weighted by Crippen LogP contribution is -1.81. The Bertz CT molecular complexity index is 355. The second-order valence-corrected chi connectivity index (χ2v) is 1.79. The molecule has 0 saturated carbocycles. The molecule has 0 aliphatic carbocycles. The van der Waals surface area contributed by atoms with Crippen LogP contribution in [-0.2, 0) is 0 Å². The Balaban J connectivity index is 2.93. The molecular weight excluding hydrogens is 135 g/mol. The molecule has 4 nitrogen and oxygen atoms in total. The second-order valence-electron chi connectivity index (χ2n) is 1.79. The molecule has 0 N–H and O–H groups in total. The van der Waals surface area contributed by atoms with Crippen molar-refractivity contribution in [1.29, 1.82) is 0 Å². The standard InChI is InChI=1S/C5H3FN4/c6-10-3-9-5-4(10)1-7-2-8-5/h1-3H. The number of rotatable bonds is 0. The molecule has 0 saturated heterocycles. The van der Waals surface area contributed by atoms with Crippen molar-refractivity contribution < 1.29 is 4.48 Å². The molecule has 0 fully saturated rings. The first kappa shape index (κ1) is 5.28. The summed E-state index contributed by atoms with van der Waals surface area (Å²) in [5, 5.41) is 0. The first-order valence-electron chi connectivity index (χ1n) is 2.67. The summed E-state index contributed by atoms with van der Waals surface area (Å²) in [5.74, 6) is 0. The quantitative estimate of drug-likeness (QED) is 0.534. The van der Waals surface area contributed by atoms with Crippen molar-refractivity contribution in [3.8, 4) is 0 Å². The smallest absolute Gasteiger partial charge is 0.183 e. The summed E-state index contributed by atoms with van der Waals surface area (Å²) in [6.45, 7) is 0. The minimum absolute atomic E-state index is 0.294. The summed E-state index contributed by atoms with van der Waals surface area (Å²) in [6.07, 6.45) is 3.75. The zero-order valence-corrected chi connectivity index (χ0v) is 4.90. The topological polar surface area (TPSA) is 43.6 Å². The third-order valence-corrected chi connectivity index (χ3v) is 1.18.